The molecule has 4 aromatic carbocycles. The van der Waals surface area contributed by atoms with Crippen LogP contribution in [-0.4, -0.2) is 93.5 Å². The number of methoxy groups -OCH3 is 1. The minimum absolute atomic E-state index is 0.0976. The highest BCUT2D eigenvalue weighted by Crippen LogP contribution is 2.35. The monoisotopic (exact) mass is 770 g/mol. The van der Waals surface area contributed by atoms with Crippen molar-refractivity contribution in [1.29, 1.82) is 0 Å². The predicted molar refractivity (Wildman–Crippen MR) is 214 cm³/mol. The van der Waals surface area contributed by atoms with Gasteiger partial charge in [0.15, 0.2) is 5.78 Å². The summed E-state index contributed by atoms with van der Waals surface area (Å²) in [4.78, 5) is 74.6. The minimum Gasteiger partial charge on any atom is -0.465 e. The lowest BCUT2D eigenvalue weighted by atomic mass is 9.96. The summed E-state index contributed by atoms with van der Waals surface area (Å²) >= 11 is 0. The number of hydrogen-bond donors (Lipinski definition) is 4. The molecule has 1 aromatic heterocycles. The van der Waals surface area contributed by atoms with Crippen LogP contribution in [0.1, 0.15) is 66.8 Å². The summed E-state index contributed by atoms with van der Waals surface area (Å²) in [5.41, 5.74) is 5.10. The Morgan fingerprint density at radius 2 is 1.58 bits per heavy atom. The zero-order valence-corrected chi connectivity index (χ0v) is 32.1. The van der Waals surface area contributed by atoms with Gasteiger partial charge in [0.1, 0.15) is 17.9 Å². The summed E-state index contributed by atoms with van der Waals surface area (Å²) in [7, 11) is 1.28. The van der Waals surface area contributed by atoms with Gasteiger partial charge in [0.2, 0.25) is 11.8 Å². The van der Waals surface area contributed by atoms with Crippen molar-refractivity contribution in [3.8, 4) is 22.4 Å². The summed E-state index contributed by atoms with van der Waals surface area (Å²) in [6.45, 7) is 4.34. The second-order valence-corrected chi connectivity index (χ2v) is 15.0. The van der Waals surface area contributed by atoms with Crippen LogP contribution < -0.4 is 10.6 Å². The number of likely N-dealkylation sites (tertiary alicyclic amines) is 2. The van der Waals surface area contributed by atoms with E-state index in [2.05, 4.69) is 32.7 Å². The van der Waals surface area contributed by atoms with Gasteiger partial charge in [0.25, 0.3) is 0 Å². The number of nitrogens with zero attached hydrogens (tertiary/aromatic N) is 3. The normalized spacial score (nSPS) is 18.4. The van der Waals surface area contributed by atoms with Gasteiger partial charge in [-0.05, 0) is 64.8 Å². The Labute approximate surface area is 330 Å². The van der Waals surface area contributed by atoms with E-state index in [1.54, 1.807) is 23.2 Å². The van der Waals surface area contributed by atoms with Crippen LogP contribution in [0.15, 0.2) is 97.2 Å². The second-order valence-electron chi connectivity index (χ2n) is 15.0. The average molecular weight is 771 g/mol. The largest absolute Gasteiger partial charge is 0.465 e. The number of fused-ring (bicyclic) bond motifs is 1. The minimum atomic E-state index is -1.16. The molecule has 4 unspecified atom stereocenters. The molecule has 0 spiro atoms. The number of imidazole rings is 1. The smallest absolute Gasteiger partial charge is 0.408 e. The maximum atomic E-state index is 13.6. The highest BCUT2D eigenvalue weighted by molar-refractivity contribution is 6.00. The number of H-pyrrole nitrogens is 1. The number of aromatic nitrogens is 2. The van der Waals surface area contributed by atoms with Crippen molar-refractivity contribution in [2.45, 2.75) is 57.2 Å². The molecule has 0 radical (unpaired) electrons. The van der Waals surface area contributed by atoms with Crippen molar-refractivity contribution in [3.05, 3.63) is 114 Å². The van der Waals surface area contributed by atoms with E-state index in [1.165, 1.54) is 7.11 Å². The topological polar surface area (TPSA) is 174 Å². The summed E-state index contributed by atoms with van der Waals surface area (Å²) in [6.07, 6.45) is 1.93. The fourth-order valence-corrected chi connectivity index (χ4v) is 7.94. The van der Waals surface area contributed by atoms with Gasteiger partial charge in [0, 0.05) is 30.1 Å². The molecule has 2 aliphatic rings. The number of carbonyl (C=O) groups is 5. The maximum absolute atomic E-state index is 13.6. The number of hydrogen-bond acceptors (Lipinski definition) is 7. The number of carbonyl (C=O) groups excluding carboxylic acids is 4. The number of Topliss-reactive ketones (excluding diaryl/α,β-unsaturated/α-hetero) is 1. The van der Waals surface area contributed by atoms with Gasteiger partial charge in [-0.1, -0.05) is 92.7 Å². The lowest BCUT2D eigenvalue weighted by molar-refractivity contribution is -0.135. The van der Waals surface area contributed by atoms with Crippen molar-refractivity contribution in [2.75, 3.05) is 26.7 Å². The third-order valence-electron chi connectivity index (χ3n) is 11.1. The van der Waals surface area contributed by atoms with Crippen molar-refractivity contribution < 1.29 is 33.8 Å². The Morgan fingerprint density at radius 3 is 2.26 bits per heavy atom. The Kier molecular flexibility index (Phi) is 11.4. The van der Waals surface area contributed by atoms with E-state index in [0.29, 0.717) is 24.4 Å². The van der Waals surface area contributed by atoms with Crippen molar-refractivity contribution in [1.82, 2.24) is 30.4 Å². The molecule has 4 atom stereocenters. The van der Waals surface area contributed by atoms with E-state index in [0.717, 1.165) is 56.5 Å². The number of alkyl carbamates (subject to hydrolysis) is 1. The number of carboxylic acid groups (broad SMARTS) is 1. The van der Waals surface area contributed by atoms with Crippen molar-refractivity contribution in [2.24, 2.45) is 5.92 Å². The summed E-state index contributed by atoms with van der Waals surface area (Å²) in [5.74, 6) is -0.428. The molecule has 0 aliphatic carbocycles. The number of amides is 4. The number of ketones is 1. The highest BCUT2D eigenvalue weighted by atomic mass is 16.5. The molecule has 0 saturated carbocycles. The van der Waals surface area contributed by atoms with E-state index in [4.69, 9.17) is 4.74 Å². The van der Waals surface area contributed by atoms with Gasteiger partial charge in [-0.15, -0.1) is 0 Å². The predicted octanol–water partition coefficient (Wildman–Crippen LogP) is 6.78. The molecule has 2 fully saturated rings. The van der Waals surface area contributed by atoms with Crippen LogP contribution >= 0.6 is 0 Å². The molecule has 13 heteroatoms. The van der Waals surface area contributed by atoms with E-state index in [-0.39, 0.29) is 42.7 Å². The molecule has 4 N–H and O–H groups in total. The van der Waals surface area contributed by atoms with Gasteiger partial charge in [-0.25, -0.2) is 14.6 Å². The third kappa shape index (κ3) is 8.37. The summed E-state index contributed by atoms with van der Waals surface area (Å²) in [5, 5.41) is 17.2. The molecule has 2 saturated heterocycles. The first kappa shape index (κ1) is 38.8. The molecule has 2 aliphatic heterocycles. The van der Waals surface area contributed by atoms with Crippen molar-refractivity contribution >= 4 is 40.6 Å². The number of benzene rings is 4. The molecule has 13 nitrogen and oxygen atoms in total. The van der Waals surface area contributed by atoms with E-state index in [9.17, 15) is 29.1 Å². The van der Waals surface area contributed by atoms with Gasteiger partial charge >= 0.3 is 12.2 Å². The van der Waals surface area contributed by atoms with Crippen LogP contribution in [-0.2, 0) is 14.3 Å². The first-order valence-electron chi connectivity index (χ1n) is 19.2. The second kappa shape index (κ2) is 16.7. The van der Waals surface area contributed by atoms with E-state index < -0.39 is 30.2 Å². The molecule has 0 bridgehead atoms. The molecule has 57 heavy (non-hydrogen) atoms. The van der Waals surface area contributed by atoms with Gasteiger partial charge in [-0.3, -0.25) is 19.3 Å². The van der Waals surface area contributed by atoms with Crippen LogP contribution in [0.3, 0.4) is 0 Å². The van der Waals surface area contributed by atoms with Crippen LogP contribution in [0.2, 0.25) is 0 Å². The van der Waals surface area contributed by atoms with Crippen LogP contribution in [0, 0.1) is 5.92 Å². The Balaban J connectivity index is 0.978. The maximum Gasteiger partial charge on any atom is 0.408 e. The molecule has 7 rings (SSSR count). The fraction of sp³-hybridized carbons (Fsp3) is 0.318. The first-order chi connectivity index (χ1) is 27.5. The Morgan fingerprint density at radius 1 is 0.895 bits per heavy atom. The van der Waals surface area contributed by atoms with Crippen molar-refractivity contribution in [3.63, 3.8) is 0 Å². The van der Waals surface area contributed by atoms with Gasteiger partial charge < -0.3 is 30.4 Å². The zero-order chi connectivity index (χ0) is 40.2. The quantitative estimate of drug-likeness (QED) is 0.106. The SMILES string of the molecule is COC(=O)NC(C(=O)N1CCCC1c1ncc(-c2ccc3cc(-c4ccc(C(=O)CNC(=O)C5CC(c6ccccc6)CN5C(=O)O)cc4)ccc3c2)[nH]1)C(C)C. The molecular weight excluding hydrogens is 725 g/mol. The van der Waals surface area contributed by atoms with Gasteiger partial charge in [0.05, 0.1) is 31.6 Å². The molecule has 5 aromatic rings. The summed E-state index contributed by atoms with van der Waals surface area (Å²) in [6, 6.07) is 27.2. The van der Waals surface area contributed by atoms with Crippen LogP contribution in [0.4, 0.5) is 9.59 Å². The standard InChI is InChI=1S/C44H46N6O7/c1-26(2)39(48-43(54)57-3)42(53)49-19-7-10-36(49)40-45-23-35(47-40)33-18-17-31-20-30(15-16-32(31)21-33)28-11-13-29(14-12-28)38(51)24-46-41(52)37-22-34(25-50(37)44(55)56)27-8-5-4-6-9-27/h4-6,8-9,11-18,20-21,23,26,34,36-37,39H,7,10,19,22,24-25H2,1-3H3,(H,45,47)(H,46,52)(H,48,54)(H,55,56). The molecule has 4 amide bonds. The van der Waals surface area contributed by atoms with Gasteiger partial charge in [-0.2, -0.15) is 0 Å². The lowest BCUT2D eigenvalue weighted by Crippen LogP contribution is -2.51. The first-order valence-corrected chi connectivity index (χ1v) is 19.2. The third-order valence-corrected chi connectivity index (χ3v) is 11.1. The molecule has 294 valence electrons. The fourth-order valence-electron chi connectivity index (χ4n) is 7.94. The van der Waals surface area contributed by atoms with E-state index in [1.807, 2.05) is 80.6 Å². The van der Waals surface area contributed by atoms with Crippen LogP contribution in [0.5, 0.6) is 0 Å². The number of aromatic amines is 1. The van der Waals surface area contributed by atoms with Crippen LogP contribution in [0.25, 0.3) is 33.2 Å². The summed E-state index contributed by atoms with van der Waals surface area (Å²) < 4.78 is 4.75. The number of rotatable bonds is 11. The number of ether oxygens (including phenoxy) is 1. The number of nitrogens with one attached hydrogen (secondary N) is 3. The Bertz CT molecular complexity index is 2290. The Hall–Kier alpha value is -6.50. The molecule has 3 heterocycles. The zero-order valence-electron chi connectivity index (χ0n) is 32.1. The lowest BCUT2D eigenvalue weighted by Gasteiger charge is -2.30. The average Bonchev–Trinajstić information content (AvgIpc) is 4.02. The molecular formula is C44H46N6O7. The van der Waals surface area contributed by atoms with E-state index >= 15 is 0 Å². The highest BCUT2D eigenvalue weighted by Gasteiger charge is 2.40.